The maximum absolute atomic E-state index is 12.6. The molecule has 0 saturated heterocycles. The first-order valence-electron chi connectivity index (χ1n) is 12.3. The van der Waals surface area contributed by atoms with Gasteiger partial charge in [0.2, 0.25) is 5.91 Å². The molecule has 2 amide bonds. The van der Waals surface area contributed by atoms with Crippen molar-refractivity contribution in [1.82, 2.24) is 4.90 Å². The van der Waals surface area contributed by atoms with Crippen molar-refractivity contribution in [3.8, 4) is 0 Å². The van der Waals surface area contributed by atoms with Gasteiger partial charge in [0.05, 0.1) is 10.4 Å². The number of carbonyl (C=O) groups is 2. The van der Waals surface area contributed by atoms with Crippen molar-refractivity contribution in [1.29, 1.82) is 0 Å². The van der Waals surface area contributed by atoms with Gasteiger partial charge in [-0.2, -0.15) is 0 Å². The number of amides is 2. The molecule has 2 aliphatic rings. The molecule has 0 aromatic heterocycles. The summed E-state index contributed by atoms with van der Waals surface area (Å²) in [5.41, 5.74) is 4.80. The van der Waals surface area contributed by atoms with E-state index in [0.717, 1.165) is 52.6 Å². The molecule has 2 aromatic rings. The number of rotatable bonds is 5. The van der Waals surface area contributed by atoms with Gasteiger partial charge in [0.25, 0.3) is 0 Å². The molecule has 35 heavy (non-hydrogen) atoms. The summed E-state index contributed by atoms with van der Waals surface area (Å²) in [5, 5.41) is 3.76. The van der Waals surface area contributed by atoms with Crippen LogP contribution in [0.2, 0.25) is 5.02 Å². The highest BCUT2D eigenvalue weighted by molar-refractivity contribution is 7.99. The van der Waals surface area contributed by atoms with E-state index < -0.39 is 11.0 Å². The van der Waals surface area contributed by atoms with E-state index in [-0.39, 0.29) is 12.0 Å². The van der Waals surface area contributed by atoms with Gasteiger partial charge in [0.15, 0.2) is 0 Å². The Morgan fingerprint density at radius 3 is 2.66 bits per heavy atom. The number of benzene rings is 2. The number of hydrogen-bond acceptors (Lipinski definition) is 4. The molecule has 0 aliphatic carbocycles. The van der Waals surface area contributed by atoms with Gasteiger partial charge in [-0.1, -0.05) is 29.8 Å². The number of fused-ring (bicyclic) bond motifs is 2. The van der Waals surface area contributed by atoms with E-state index in [4.69, 9.17) is 16.3 Å². The van der Waals surface area contributed by atoms with Crippen molar-refractivity contribution in [2.24, 2.45) is 0 Å². The van der Waals surface area contributed by atoms with Crippen molar-refractivity contribution in [3.05, 3.63) is 57.6 Å². The van der Waals surface area contributed by atoms with Crippen LogP contribution >= 0.6 is 23.4 Å². The summed E-state index contributed by atoms with van der Waals surface area (Å²) in [6.45, 7) is 10.9. The number of anilines is 1. The van der Waals surface area contributed by atoms with Crippen LogP contribution in [0.15, 0.2) is 35.2 Å². The second-order valence-corrected chi connectivity index (χ2v) is 12.4. The van der Waals surface area contributed by atoms with Gasteiger partial charge < -0.3 is 15.0 Å². The van der Waals surface area contributed by atoms with Crippen molar-refractivity contribution >= 4 is 41.1 Å². The second kappa shape index (κ2) is 10.1. The van der Waals surface area contributed by atoms with Crippen LogP contribution in [0.5, 0.6) is 0 Å². The Labute approximate surface area is 217 Å². The minimum Gasteiger partial charge on any atom is -0.444 e. The molecule has 7 heteroatoms. The lowest BCUT2D eigenvalue weighted by Crippen LogP contribution is -2.38. The van der Waals surface area contributed by atoms with Crippen LogP contribution in [0.4, 0.5) is 10.5 Å². The van der Waals surface area contributed by atoms with Gasteiger partial charge in [0, 0.05) is 23.7 Å². The standard InChI is InChI=1S/C28H35ClN2O3S/c1-27(2,3)34-26(33)31-14-12-19-9-10-22(29)24(20(19)13-15-31)35-16-6-7-18-8-11-23-21(17-18)28(4,5)25(32)30-23/h8-11,17H,6-7,12-16H2,1-5H3,(H,30,32). The minimum atomic E-state index is -0.499. The van der Waals surface area contributed by atoms with Crippen LogP contribution in [0.3, 0.4) is 0 Å². The normalized spacial score (nSPS) is 16.9. The van der Waals surface area contributed by atoms with E-state index in [1.165, 1.54) is 16.7 Å². The molecule has 5 nitrogen and oxygen atoms in total. The number of carbonyl (C=O) groups excluding carboxylic acids is 2. The predicted molar refractivity (Wildman–Crippen MR) is 144 cm³/mol. The lowest BCUT2D eigenvalue weighted by atomic mass is 9.85. The van der Waals surface area contributed by atoms with Crippen LogP contribution < -0.4 is 5.32 Å². The van der Waals surface area contributed by atoms with E-state index in [1.807, 2.05) is 51.7 Å². The Hall–Kier alpha value is -2.18. The number of hydrogen-bond donors (Lipinski definition) is 1. The first-order valence-corrected chi connectivity index (χ1v) is 13.7. The first-order chi connectivity index (χ1) is 16.5. The third-order valence-corrected chi connectivity index (χ3v) is 8.35. The molecule has 0 unspecified atom stereocenters. The average Bonchev–Trinajstić information content (AvgIpc) is 2.92. The highest BCUT2D eigenvalue weighted by Gasteiger charge is 2.38. The fraction of sp³-hybridized carbons (Fsp3) is 0.500. The zero-order valence-corrected chi connectivity index (χ0v) is 22.9. The van der Waals surface area contributed by atoms with Crippen LogP contribution in [0.1, 0.15) is 63.3 Å². The molecule has 0 bridgehead atoms. The van der Waals surface area contributed by atoms with E-state index >= 15 is 0 Å². The van der Waals surface area contributed by atoms with Gasteiger partial charge in [-0.3, -0.25) is 4.79 Å². The van der Waals surface area contributed by atoms with E-state index in [9.17, 15) is 9.59 Å². The lowest BCUT2D eigenvalue weighted by molar-refractivity contribution is -0.119. The predicted octanol–water partition coefficient (Wildman–Crippen LogP) is 6.63. The molecule has 0 saturated carbocycles. The summed E-state index contributed by atoms with van der Waals surface area (Å²) >= 11 is 8.44. The van der Waals surface area contributed by atoms with Gasteiger partial charge in [-0.05, 0) is 100 Å². The molecule has 188 valence electrons. The highest BCUT2D eigenvalue weighted by atomic mass is 35.5. The number of thioether (sulfide) groups is 1. The largest absolute Gasteiger partial charge is 0.444 e. The van der Waals surface area contributed by atoms with Crippen LogP contribution in [-0.2, 0) is 34.2 Å². The Kier molecular flexibility index (Phi) is 7.44. The SMILES string of the molecule is CC(C)(C)OC(=O)N1CCc2ccc(Cl)c(SCCCc3ccc4c(c3)C(C)(C)C(=O)N4)c2CC1. The zero-order valence-electron chi connectivity index (χ0n) is 21.3. The van der Waals surface area contributed by atoms with Crippen molar-refractivity contribution in [3.63, 3.8) is 0 Å². The van der Waals surface area contributed by atoms with Crippen molar-refractivity contribution in [2.75, 3.05) is 24.2 Å². The van der Waals surface area contributed by atoms with Crippen LogP contribution in [0.25, 0.3) is 0 Å². The summed E-state index contributed by atoms with van der Waals surface area (Å²) in [7, 11) is 0. The monoisotopic (exact) mass is 514 g/mol. The van der Waals surface area contributed by atoms with E-state index in [1.54, 1.807) is 11.8 Å². The number of aryl methyl sites for hydroxylation is 1. The molecular formula is C28H35ClN2O3S. The van der Waals surface area contributed by atoms with Crippen molar-refractivity contribution < 1.29 is 14.3 Å². The molecule has 2 heterocycles. The summed E-state index contributed by atoms with van der Waals surface area (Å²) in [5.74, 6) is 1.01. The Morgan fingerprint density at radius 1 is 1.17 bits per heavy atom. The van der Waals surface area contributed by atoms with Gasteiger partial charge in [0.1, 0.15) is 5.60 Å². The third-order valence-electron chi connectivity index (χ3n) is 6.67. The lowest BCUT2D eigenvalue weighted by Gasteiger charge is -2.26. The van der Waals surface area contributed by atoms with Crippen molar-refractivity contribution in [2.45, 2.75) is 76.2 Å². The minimum absolute atomic E-state index is 0.0600. The summed E-state index contributed by atoms with van der Waals surface area (Å²) in [4.78, 5) is 27.8. The molecule has 4 rings (SSSR count). The molecular weight excluding hydrogens is 480 g/mol. The molecule has 1 N–H and O–H groups in total. The molecule has 0 fully saturated rings. The maximum Gasteiger partial charge on any atom is 0.410 e. The molecule has 0 spiro atoms. The number of nitrogens with zero attached hydrogens (tertiary/aromatic N) is 1. The van der Waals surface area contributed by atoms with E-state index in [2.05, 4.69) is 23.5 Å². The summed E-state index contributed by atoms with van der Waals surface area (Å²) in [6, 6.07) is 10.4. The number of nitrogens with one attached hydrogen (secondary N) is 1. The van der Waals surface area contributed by atoms with Gasteiger partial charge in [-0.15, -0.1) is 11.8 Å². The average molecular weight is 515 g/mol. The Morgan fingerprint density at radius 2 is 1.91 bits per heavy atom. The van der Waals surface area contributed by atoms with Crippen LogP contribution in [-0.4, -0.2) is 41.3 Å². The fourth-order valence-electron chi connectivity index (χ4n) is 4.65. The Bertz CT molecular complexity index is 1140. The molecule has 2 aliphatic heterocycles. The number of ether oxygens (including phenoxy) is 1. The van der Waals surface area contributed by atoms with E-state index in [0.29, 0.717) is 13.1 Å². The smallest absolute Gasteiger partial charge is 0.410 e. The molecule has 0 atom stereocenters. The zero-order chi connectivity index (χ0) is 25.4. The summed E-state index contributed by atoms with van der Waals surface area (Å²) < 4.78 is 5.59. The van der Waals surface area contributed by atoms with Gasteiger partial charge >= 0.3 is 6.09 Å². The Balaban J connectivity index is 1.38. The topological polar surface area (TPSA) is 58.6 Å². The molecule has 2 aromatic carbocycles. The number of halogens is 1. The van der Waals surface area contributed by atoms with Gasteiger partial charge in [-0.25, -0.2) is 4.79 Å². The highest BCUT2D eigenvalue weighted by Crippen LogP contribution is 2.38. The molecule has 0 radical (unpaired) electrons. The van der Waals surface area contributed by atoms with Crippen LogP contribution in [0, 0.1) is 0 Å². The fourth-order valence-corrected chi connectivity index (χ4v) is 6.10. The quantitative estimate of drug-likeness (QED) is 0.359. The first kappa shape index (κ1) is 25.9. The summed E-state index contributed by atoms with van der Waals surface area (Å²) in [6.07, 6.45) is 3.29. The third kappa shape index (κ3) is 5.80. The maximum atomic E-state index is 12.6. The second-order valence-electron chi connectivity index (χ2n) is 10.9.